The summed E-state index contributed by atoms with van der Waals surface area (Å²) in [4.78, 5) is 29.4. The molecule has 1 aliphatic rings. The maximum absolute atomic E-state index is 14.3. The molecule has 2 amide bonds. The van der Waals surface area contributed by atoms with Gasteiger partial charge in [-0.2, -0.15) is 0 Å². The van der Waals surface area contributed by atoms with Gasteiger partial charge in [-0.1, -0.05) is 67.8 Å². The number of nitrogens with one attached hydrogen (secondary N) is 1. The first-order valence-electron chi connectivity index (χ1n) is 14.5. The molecule has 0 spiro atoms. The van der Waals surface area contributed by atoms with Crippen LogP contribution in [-0.4, -0.2) is 50.9 Å². The van der Waals surface area contributed by atoms with E-state index in [9.17, 15) is 18.0 Å². The number of aryl methyl sites for hydroxylation is 2. The van der Waals surface area contributed by atoms with E-state index in [4.69, 9.17) is 4.74 Å². The van der Waals surface area contributed by atoms with E-state index in [1.807, 2.05) is 45.0 Å². The molecule has 0 bridgehead atoms. The summed E-state index contributed by atoms with van der Waals surface area (Å²) < 4.78 is 34.5. The van der Waals surface area contributed by atoms with Crippen LogP contribution in [0, 0.1) is 13.8 Å². The molecule has 1 saturated carbocycles. The fraction of sp³-hybridized carbons (Fsp3) is 0.394. The van der Waals surface area contributed by atoms with Crippen molar-refractivity contribution in [2.75, 3.05) is 18.0 Å². The van der Waals surface area contributed by atoms with Crippen LogP contribution in [0.5, 0.6) is 5.75 Å². The van der Waals surface area contributed by atoms with Crippen molar-refractivity contribution in [3.05, 3.63) is 89.5 Å². The number of hydrogen-bond donors (Lipinski definition) is 1. The second kappa shape index (κ2) is 13.9. The number of sulfonamides is 1. The molecular weight excluding hydrogens is 550 g/mol. The summed E-state index contributed by atoms with van der Waals surface area (Å²) in [5.41, 5.74) is 2.87. The lowest BCUT2D eigenvalue weighted by Gasteiger charge is -2.34. The van der Waals surface area contributed by atoms with Gasteiger partial charge in [0, 0.05) is 12.6 Å². The maximum atomic E-state index is 14.3. The third kappa shape index (κ3) is 7.31. The van der Waals surface area contributed by atoms with E-state index in [0.29, 0.717) is 23.4 Å². The Morgan fingerprint density at radius 3 is 2.19 bits per heavy atom. The molecule has 9 heteroatoms. The number of hydrogen-bond acceptors (Lipinski definition) is 5. The summed E-state index contributed by atoms with van der Waals surface area (Å²) in [6, 6.07) is 20.3. The summed E-state index contributed by atoms with van der Waals surface area (Å²) in [6.07, 6.45) is 4.36. The third-order valence-corrected chi connectivity index (χ3v) is 9.65. The van der Waals surface area contributed by atoms with Crippen molar-refractivity contribution in [3.63, 3.8) is 0 Å². The molecule has 3 aromatic carbocycles. The predicted octanol–water partition coefficient (Wildman–Crippen LogP) is 5.37. The van der Waals surface area contributed by atoms with E-state index in [0.717, 1.165) is 41.1 Å². The number of carbonyl (C=O) groups is 2. The molecule has 224 valence electrons. The molecule has 1 atom stereocenters. The Balaban J connectivity index is 1.72. The first-order valence-corrected chi connectivity index (χ1v) is 16.0. The first kappa shape index (κ1) is 31.1. The summed E-state index contributed by atoms with van der Waals surface area (Å²) in [5, 5.41) is 3.14. The van der Waals surface area contributed by atoms with Gasteiger partial charge in [0.15, 0.2) is 0 Å². The Kier molecular flexibility index (Phi) is 10.3. The van der Waals surface area contributed by atoms with Crippen molar-refractivity contribution < 1.29 is 22.7 Å². The van der Waals surface area contributed by atoms with E-state index >= 15 is 0 Å². The first-order chi connectivity index (χ1) is 20.1. The molecule has 4 rings (SSSR count). The van der Waals surface area contributed by atoms with E-state index in [1.165, 1.54) is 4.90 Å². The van der Waals surface area contributed by atoms with Gasteiger partial charge in [-0.15, -0.1) is 0 Å². The average molecular weight is 592 g/mol. The highest BCUT2D eigenvalue weighted by atomic mass is 32.2. The minimum atomic E-state index is -4.11. The van der Waals surface area contributed by atoms with Crippen LogP contribution in [0.3, 0.4) is 0 Å². The SMILES string of the molecule is CCC(C(=O)NC1CCCC1)N(Cc1ccc(OC)cc1)C(=O)CN(c1ccccc1C)S(=O)(=O)c1ccc(C)cc1. The number of para-hydroxylation sites is 1. The van der Waals surface area contributed by atoms with Crippen LogP contribution in [-0.2, 0) is 26.2 Å². The van der Waals surface area contributed by atoms with Crippen LogP contribution < -0.4 is 14.4 Å². The molecule has 1 unspecified atom stereocenters. The monoisotopic (exact) mass is 591 g/mol. The quantitative estimate of drug-likeness (QED) is 0.305. The lowest BCUT2D eigenvalue weighted by Crippen LogP contribution is -2.53. The highest BCUT2D eigenvalue weighted by Gasteiger charge is 2.35. The van der Waals surface area contributed by atoms with Gasteiger partial charge in [-0.05, 0) is 74.6 Å². The topological polar surface area (TPSA) is 96.0 Å². The van der Waals surface area contributed by atoms with Crippen molar-refractivity contribution in [3.8, 4) is 5.75 Å². The number of rotatable bonds is 12. The van der Waals surface area contributed by atoms with Gasteiger partial charge in [0.25, 0.3) is 10.0 Å². The molecule has 0 aromatic heterocycles. The molecule has 0 saturated heterocycles. The van der Waals surface area contributed by atoms with Gasteiger partial charge in [0.05, 0.1) is 17.7 Å². The zero-order chi connectivity index (χ0) is 30.3. The van der Waals surface area contributed by atoms with Crippen LogP contribution in [0.2, 0.25) is 0 Å². The number of carbonyl (C=O) groups excluding carboxylic acids is 2. The lowest BCUT2D eigenvalue weighted by molar-refractivity contribution is -0.140. The molecule has 0 heterocycles. The van der Waals surface area contributed by atoms with Gasteiger partial charge in [-0.25, -0.2) is 8.42 Å². The fourth-order valence-electron chi connectivity index (χ4n) is 5.41. The van der Waals surface area contributed by atoms with E-state index in [2.05, 4.69) is 5.32 Å². The second-order valence-corrected chi connectivity index (χ2v) is 12.8. The van der Waals surface area contributed by atoms with Crippen LogP contribution >= 0.6 is 0 Å². The van der Waals surface area contributed by atoms with E-state index in [1.54, 1.807) is 55.6 Å². The largest absolute Gasteiger partial charge is 0.497 e. The Hall–Kier alpha value is -3.85. The number of nitrogens with zero attached hydrogens (tertiary/aromatic N) is 2. The zero-order valence-electron chi connectivity index (χ0n) is 24.9. The van der Waals surface area contributed by atoms with Crippen LogP contribution in [0.4, 0.5) is 5.69 Å². The Morgan fingerprint density at radius 1 is 0.952 bits per heavy atom. The lowest BCUT2D eigenvalue weighted by atomic mass is 10.1. The molecule has 0 aliphatic heterocycles. The average Bonchev–Trinajstić information content (AvgIpc) is 3.49. The summed E-state index contributed by atoms with van der Waals surface area (Å²) >= 11 is 0. The molecule has 3 aromatic rings. The van der Waals surface area contributed by atoms with Crippen molar-refractivity contribution in [1.82, 2.24) is 10.2 Å². The van der Waals surface area contributed by atoms with Crippen molar-refractivity contribution in [1.29, 1.82) is 0 Å². The molecule has 1 aliphatic carbocycles. The standard InChI is InChI=1S/C33H41N3O5S/c1-5-30(33(38)34-27-11-7-8-12-27)35(22-26-16-18-28(41-4)19-17-26)32(37)23-36(31-13-9-6-10-25(31)3)42(39,40)29-20-14-24(2)15-21-29/h6,9-10,13-21,27,30H,5,7-8,11-12,22-23H2,1-4H3,(H,34,38). The molecule has 0 radical (unpaired) electrons. The summed E-state index contributed by atoms with van der Waals surface area (Å²) in [7, 11) is -2.52. The number of ether oxygens (including phenoxy) is 1. The van der Waals surface area contributed by atoms with Crippen LogP contribution in [0.1, 0.15) is 55.7 Å². The van der Waals surface area contributed by atoms with Gasteiger partial charge in [0.2, 0.25) is 11.8 Å². The number of methoxy groups -OCH3 is 1. The van der Waals surface area contributed by atoms with Gasteiger partial charge >= 0.3 is 0 Å². The van der Waals surface area contributed by atoms with Crippen molar-refractivity contribution in [2.24, 2.45) is 0 Å². The number of amides is 2. The normalized spacial score (nSPS) is 14.3. The van der Waals surface area contributed by atoms with E-state index in [-0.39, 0.29) is 23.4 Å². The second-order valence-electron chi connectivity index (χ2n) is 10.9. The van der Waals surface area contributed by atoms with Crippen molar-refractivity contribution in [2.45, 2.75) is 76.4 Å². The van der Waals surface area contributed by atoms with Crippen LogP contribution in [0.15, 0.2) is 77.7 Å². The highest BCUT2D eigenvalue weighted by Crippen LogP contribution is 2.28. The highest BCUT2D eigenvalue weighted by molar-refractivity contribution is 7.92. The number of benzene rings is 3. The molecule has 1 fully saturated rings. The minimum Gasteiger partial charge on any atom is -0.497 e. The minimum absolute atomic E-state index is 0.0925. The fourth-order valence-corrected chi connectivity index (χ4v) is 6.89. The van der Waals surface area contributed by atoms with Gasteiger partial charge < -0.3 is 15.0 Å². The number of anilines is 1. The molecule has 8 nitrogen and oxygen atoms in total. The zero-order valence-corrected chi connectivity index (χ0v) is 25.7. The Morgan fingerprint density at radius 2 is 1.60 bits per heavy atom. The smallest absolute Gasteiger partial charge is 0.264 e. The summed E-state index contributed by atoms with van der Waals surface area (Å²) in [5.74, 6) is 0.00541. The van der Waals surface area contributed by atoms with Crippen molar-refractivity contribution >= 4 is 27.5 Å². The maximum Gasteiger partial charge on any atom is 0.264 e. The van der Waals surface area contributed by atoms with Gasteiger partial charge in [-0.3, -0.25) is 13.9 Å². The predicted molar refractivity (Wildman–Crippen MR) is 165 cm³/mol. The molecular formula is C33H41N3O5S. The molecule has 42 heavy (non-hydrogen) atoms. The molecule has 1 N–H and O–H groups in total. The van der Waals surface area contributed by atoms with Gasteiger partial charge in [0.1, 0.15) is 18.3 Å². The van der Waals surface area contributed by atoms with Crippen LogP contribution in [0.25, 0.3) is 0 Å². The van der Waals surface area contributed by atoms with E-state index < -0.39 is 28.5 Å². The third-order valence-electron chi connectivity index (χ3n) is 7.87. The Labute approximate surface area is 249 Å². The Bertz CT molecular complexity index is 1470. The summed E-state index contributed by atoms with van der Waals surface area (Å²) in [6.45, 7) is 5.26.